The molecule has 0 spiro atoms. The lowest BCUT2D eigenvalue weighted by atomic mass is 10.0. The van der Waals surface area contributed by atoms with E-state index in [1.807, 2.05) is 0 Å². The molecule has 0 unspecified atom stereocenters. The molecule has 2 aliphatic heterocycles. The molecule has 2 aliphatic rings. The van der Waals surface area contributed by atoms with Gasteiger partial charge in [-0.3, -0.25) is 0 Å². The van der Waals surface area contributed by atoms with Crippen LogP contribution in [0.15, 0.2) is 0 Å². The molecule has 0 saturated carbocycles. The van der Waals surface area contributed by atoms with E-state index in [1.54, 1.807) is 0 Å². The Morgan fingerprint density at radius 2 is 2.30 bits per heavy atom. The van der Waals surface area contributed by atoms with Gasteiger partial charge in [0.2, 0.25) is 0 Å². The van der Waals surface area contributed by atoms with Gasteiger partial charge < -0.3 is 15.4 Å². The molecule has 0 radical (unpaired) electrons. The number of ether oxygens (including phenoxy) is 1. The Bertz CT molecular complexity index is 92.2. The van der Waals surface area contributed by atoms with Crippen molar-refractivity contribution in [2.45, 2.75) is 18.6 Å². The molecule has 0 aromatic carbocycles. The van der Waals surface area contributed by atoms with Gasteiger partial charge in [0.05, 0.1) is 12.7 Å². The Morgan fingerprint density at radius 1 is 1.30 bits per heavy atom. The van der Waals surface area contributed by atoms with Crippen molar-refractivity contribution in [3.05, 3.63) is 0 Å². The van der Waals surface area contributed by atoms with Crippen molar-refractivity contribution < 1.29 is 4.74 Å². The molecule has 2 atom stereocenters. The maximum absolute atomic E-state index is 5.58. The van der Waals surface area contributed by atoms with Crippen molar-refractivity contribution in [2.75, 3.05) is 26.2 Å². The fourth-order valence-electron chi connectivity index (χ4n) is 1.69. The molecule has 2 fully saturated rings. The van der Waals surface area contributed by atoms with E-state index in [-0.39, 0.29) is 0 Å². The lowest BCUT2D eigenvalue weighted by molar-refractivity contribution is -0.0180. The third-order valence-electron chi connectivity index (χ3n) is 2.26. The van der Waals surface area contributed by atoms with Gasteiger partial charge in [0, 0.05) is 19.1 Å². The summed E-state index contributed by atoms with van der Waals surface area (Å²) in [5.41, 5.74) is 0. The van der Waals surface area contributed by atoms with Gasteiger partial charge in [-0.1, -0.05) is 0 Å². The van der Waals surface area contributed by atoms with Crippen LogP contribution in [-0.2, 0) is 4.74 Å². The Kier molecular flexibility index (Phi) is 1.88. The summed E-state index contributed by atoms with van der Waals surface area (Å²) in [6.45, 7) is 4.09. The second-order valence-corrected chi connectivity index (χ2v) is 2.96. The second-order valence-electron chi connectivity index (χ2n) is 2.96. The van der Waals surface area contributed by atoms with Crippen LogP contribution in [0.4, 0.5) is 0 Å². The number of rotatable bonds is 0. The third-order valence-corrected chi connectivity index (χ3v) is 2.26. The maximum Gasteiger partial charge on any atom is 0.0753 e. The van der Waals surface area contributed by atoms with Gasteiger partial charge in [-0.2, -0.15) is 0 Å². The largest absolute Gasteiger partial charge is 0.375 e. The van der Waals surface area contributed by atoms with Crippen molar-refractivity contribution in [2.24, 2.45) is 0 Å². The zero-order valence-electron chi connectivity index (χ0n) is 6.10. The molecule has 10 heavy (non-hydrogen) atoms. The minimum absolute atomic E-state index is 0.481. The maximum atomic E-state index is 5.58. The number of piperidine rings is 1. The molecule has 0 aromatic heterocycles. The number of morpholine rings is 1. The summed E-state index contributed by atoms with van der Waals surface area (Å²) in [7, 11) is 0. The summed E-state index contributed by atoms with van der Waals surface area (Å²) < 4.78 is 5.58. The SMILES string of the molecule is C1C[C@@H]2OCCN[C@@H]2CN1. The first kappa shape index (κ1) is 6.58. The minimum Gasteiger partial charge on any atom is -0.375 e. The molecule has 3 heteroatoms. The number of nitrogens with one attached hydrogen (secondary N) is 2. The third kappa shape index (κ3) is 1.17. The van der Waals surface area contributed by atoms with Gasteiger partial charge in [-0.25, -0.2) is 0 Å². The molecule has 2 rings (SSSR count). The van der Waals surface area contributed by atoms with Crippen molar-refractivity contribution in [3.63, 3.8) is 0 Å². The molecule has 0 amide bonds. The zero-order chi connectivity index (χ0) is 6.81. The Labute approximate surface area is 61.1 Å². The molecule has 2 heterocycles. The lowest BCUT2D eigenvalue weighted by Gasteiger charge is -2.36. The smallest absolute Gasteiger partial charge is 0.0753 e. The number of hydrogen-bond donors (Lipinski definition) is 2. The molecule has 2 saturated heterocycles. The van der Waals surface area contributed by atoms with Gasteiger partial charge >= 0.3 is 0 Å². The normalized spacial score (nSPS) is 40.8. The Morgan fingerprint density at radius 3 is 3.20 bits per heavy atom. The van der Waals surface area contributed by atoms with E-state index < -0.39 is 0 Å². The standard InChI is InChI=1S/C7H14N2O/c1-2-8-5-6-7(1)10-4-3-9-6/h6-9H,1-5H2/t6-,7+/m1/s1. The fourth-order valence-corrected chi connectivity index (χ4v) is 1.69. The topological polar surface area (TPSA) is 33.3 Å². The summed E-state index contributed by atoms with van der Waals surface area (Å²) in [4.78, 5) is 0. The van der Waals surface area contributed by atoms with Gasteiger partial charge in [-0.15, -0.1) is 0 Å². The van der Waals surface area contributed by atoms with Crippen LogP contribution in [0.2, 0.25) is 0 Å². The predicted octanol–water partition coefficient (Wildman–Crippen LogP) is -0.663. The molecular formula is C7H14N2O. The monoisotopic (exact) mass is 142 g/mol. The first-order valence-corrected chi connectivity index (χ1v) is 4.02. The fraction of sp³-hybridized carbons (Fsp3) is 1.00. The van der Waals surface area contributed by atoms with E-state index in [4.69, 9.17) is 4.74 Å². The summed E-state index contributed by atoms with van der Waals surface area (Å²) in [6.07, 6.45) is 1.65. The molecule has 0 aliphatic carbocycles. The number of fused-ring (bicyclic) bond motifs is 1. The number of hydrogen-bond acceptors (Lipinski definition) is 3. The van der Waals surface area contributed by atoms with Crippen LogP contribution in [0.25, 0.3) is 0 Å². The predicted molar refractivity (Wildman–Crippen MR) is 39.0 cm³/mol. The summed E-state index contributed by atoms with van der Waals surface area (Å²) in [5.74, 6) is 0. The summed E-state index contributed by atoms with van der Waals surface area (Å²) in [6, 6.07) is 0.572. The Hall–Kier alpha value is -0.120. The molecule has 2 N–H and O–H groups in total. The van der Waals surface area contributed by atoms with E-state index in [2.05, 4.69) is 10.6 Å². The molecule has 58 valence electrons. The van der Waals surface area contributed by atoms with E-state index in [0.717, 1.165) is 32.7 Å². The molecule has 3 nitrogen and oxygen atoms in total. The lowest BCUT2D eigenvalue weighted by Crippen LogP contribution is -2.57. The quantitative estimate of drug-likeness (QED) is 0.471. The highest BCUT2D eigenvalue weighted by molar-refractivity contribution is 4.86. The van der Waals surface area contributed by atoms with Crippen LogP contribution in [-0.4, -0.2) is 38.4 Å². The van der Waals surface area contributed by atoms with Crippen molar-refractivity contribution >= 4 is 0 Å². The van der Waals surface area contributed by atoms with E-state index in [1.165, 1.54) is 0 Å². The highest BCUT2D eigenvalue weighted by atomic mass is 16.5. The summed E-state index contributed by atoms with van der Waals surface area (Å²) in [5, 5.41) is 6.77. The molecular weight excluding hydrogens is 128 g/mol. The van der Waals surface area contributed by atoms with Crippen molar-refractivity contribution in [3.8, 4) is 0 Å². The van der Waals surface area contributed by atoms with Gasteiger partial charge in [0.1, 0.15) is 0 Å². The minimum atomic E-state index is 0.481. The van der Waals surface area contributed by atoms with Gasteiger partial charge in [0.25, 0.3) is 0 Å². The van der Waals surface area contributed by atoms with Crippen LogP contribution < -0.4 is 10.6 Å². The second kappa shape index (κ2) is 2.86. The average molecular weight is 142 g/mol. The zero-order valence-corrected chi connectivity index (χ0v) is 6.10. The van der Waals surface area contributed by atoms with Crippen LogP contribution in [0.3, 0.4) is 0 Å². The summed E-state index contributed by atoms with van der Waals surface area (Å²) >= 11 is 0. The van der Waals surface area contributed by atoms with Crippen LogP contribution >= 0.6 is 0 Å². The van der Waals surface area contributed by atoms with Crippen LogP contribution in [0, 0.1) is 0 Å². The van der Waals surface area contributed by atoms with Crippen molar-refractivity contribution in [1.29, 1.82) is 0 Å². The first-order chi connectivity index (χ1) is 4.97. The van der Waals surface area contributed by atoms with E-state index in [9.17, 15) is 0 Å². The molecule has 0 aromatic rings. The first-order valence-electron chi connectivity index (χ1n) is 4.02. The average Bonchev–Trinajstić information content (AvgIpc) is 2.05. The highest BCUT2D eigenvalue weighted by Crippen LogP contribution is 2.10. The highest BCUT2D eigenvalue weighted by Gasteiger charge is 2.27. The molecule has 0 bridgehead atoms. The Balaban J connectivity index is 1.93. The van der Waals surface area contributed by atoms with E-state index in [0.29, 0.717) is 12.1 Å². The van der Waals surface area contributed by atoms with Crippen LogP contribution in [0.5, 0.6) is 0 Å². The van der Waals surface area contributed by atoms with Crippen molar-refractivity contribution in [1.82, 2.24) is 10.6 Å². The van der Waals surface area contributed by atoms with E-state index >= 15 is 0 Å². The van der Waals surface area contributed by atoms with Gasteiger partial charge in [0.15, 0.2) is 0 Å². The van der Waals surface area contributed by atoms with Crippen LogP contribution in [0.1, 0.15) is 6.42 Å². The van der Waals surface area contributed by atoms with Gasteiger partial charge in [-0.05, 0) is 13.0 Å².